The Kier molecular flexibility index (Phi) is 4.14. The number of aromatic nitrogens is 2. The zero-order valence-corrected chi connectivity index (χ0v) is 11.6. The smallest absolute Gasteiger partial charge is 0.240 e. The van der Waals surface area contributed by atoms with Gasteiger partial charge in [-0.15, -0.1) is 0 Å². The number of benzene rings is 1. The molecule has 0 spiro atoms. The van der Waals surface area contributed by atoms with Crippen molar-refractivity contribution in [3.63, 3.8) is 0 Å². The van der Waals surface area contributed by atoms with Gasteiger partial charge in [-0.3, -0.25) is 10.1 Å². The van der Waals surface area contributed by atoms with Crippen LogP contribution in [0.1, 0.15) is 31.1 Å². The van der Waals surface area contributed by atoms with E-state index in [1.54, 1.807) is 13.8 Å². The van der Waals surface area contributed by atoms with E-state index < -0.39 is 11.4 Å². The van der Waals surface area contributed by atoms with Crippen LogP contribution in [0.15, 0.2) is 34.9 Å². The summed E-state index contributed by atoms with van der Waals surface area (Å²) in [4.78, 5) is 15.5. The molecule has 0 radical (unpaired) electrons. The molecule has 106 valence electrons. The maximum absolute atomic E-state index is 11.2. The number of amides is 1. The molecule has 1 heterocycles. The molecule has 0 aliphatic carbocycles. The fourth-order valence-corrected chi connectivity index (χ4v) is 1.60. The Hall–Kier alpha value is -2.21. The number of hydrogen-bond acceptors (Lipinski definition) is 5. The van der Waals surface area contributed by atoms with Gasteiger partial charge in [0, 0.05) is 6.42 Å². The van der Waals surface area contributed by atoms with Crippen molar-refractivity contribution in [1.82, 2.24) is 15.5 Å². The lowest BCUT2D eigenvalue weighted by Crippen LogP contribution is -2.50. The lowest BCUT2D eigenvalue weighted by atomic mass is 10.1. The number of nitrogens with zero attached hydrogens (tertiary/aromatic N) is 2. The van der Waals surface area contributed by atoms with E-state index in [0.717, 1.165) is 5.56 Å². The molecule has 1 aromatic heterocycles. The quantitative estimate of drug-likeness (QED) is 0.820. The van der Waals surface area contributed by atoms with E-state index in [0.29, 0.717) is 24.7 Å². The standard InChI is InChI=1S/C14H18N4O2/c1-14(2,13(15)19)16-9-12-17-11(18-20-12)8-10-6-4-3-5-7-10/h3-7,16H,8-9H2,1-2H3,(H2,15,19). The van der Waals surface area contributed by atoms with Crippen molar-refractivity contribution >= 4 is 5.91 Å². The predicted octanol–water partition coefficient (Wildman–Crippen LogP) is 1.01. The number of hydrogen-bond donors (Lipinski definition) is 2. The highest BCUT2D eigenvalue weighted by molar-refractivity contribution is 5.83. The summed E-state index contributed by atoms with van der Waals surface area (Å²) >= 11 is 0. The van der Waals surface area contributed by atoms with E-state index in [1.807, 2.05) is 30.3 Å². The number of nitrogens with one attached hydrogen (secondary N) is 1. The van der Waals surface area contributed by atoms with Gasteiger partial charge in [-0.1, -0.05) is 35.5 Å². The Labute approximate surface area is 117 Å². The van der Waals surface area contributed by atoms with Crippen LogP contribution in [0.3, 0.4) is 0 Å². The number of carbonyl (C=O) groups excluding carboxylic acids is 1. The lowest BCUT2D eigenvalue weighted by molar-refractivity contribution is -0.123. The number of rotatable bonds is 6. The van der Waals surface area contributed by atoms with Crippen molar-refractivity contribution in [3.8, 4) is 0 Å². The molecule has 0 atom stereocenters. The Bertz CT molecular complexity index is 578. The SMILES string of the molecule is CC(C)(NCc1nc(Cc2ccccc2)no1)C(N)=O. The Morgan fingerprint density at radius 1 is 1.35 bits per heavy atom. The first-order valence-corrected chi connectivity index (χ1v) is 6.38. The summed E-state index contributed by atoms with van der Waals surface area (Å²) in [5, 5.41) is 6.90. The Balaban J connectivity index is 1.94. The maximum atomic E-state index is 11.2. The van der Waals surface area contributed by atoms with Crippen LogP contribution in [0.5, 0.6) is 0 Å². The average Bonchev–Trinajstić information content (AvgIpc) is 2.85. The first-order valence-electron chi connectivity index (χ1n) is 6.38. The van der Waals surface area contributed by atoms with Gasteiger partial charge in [0.25, 0.3) is 0 Å². The second-order valence-corrected chi connectivity index (χ2v) is 5.11. The average molecular weight is 274 g/mol. The van der Waals surface area contributed by atoms with E-state index in [2.05, 4.69) is 15.5 Å². The zero-order valence-electron chi connectivity index (χ0n) is 11.6. The van der Waals surface area contributed by atoms with Crippen molar-refractivity contribution in [2.45, 2.75) is 32.4 Å². The van der Waals surface area contributed by atoms with E-state index in [-0.39, 0.29) is 0 Å². The molecular formula is C14H18N4O2. The van der Waals surface area contributed by atoms with Gasteiger partial charge < -0.3 is 10.3 Å². The predicted molar refractivity (Wildman–Crippen MR) is 73.7 cm³/mol. The van der Waals surface area contributed by atoms with Gasteiger partial charge in [0.1, 0.15) is 0 Å². The molecule has 0 fully saturated rings. The first-order chi connectivity index (χ1) is 9.47. The minimum Gasteiger partial charge on any atom is -0.368 e. The number of primary amides is 1. The zero-order chi connectivity index (χ0) is 14.6. The lowest BCUT2D eigenvalue weighted by Gasteiger charge is -2.20. The van der Waals surface area contributed by atoms with Crippen LogP contribution in [0.4, 0.5) is 0 Å². The van der Waals surface area contributed by atoms with Gasteiger partial charge in [-0.2, -0.15) is 4.98 Å². The third-order valence-corrected chi connectivity index (χ3v) is 3.01. The van der Waals surface area contributed by atoms with Gasteiger partial charge in [0.2, 0.25) is 11.8 Å². The summed E-state index contributed by atoms with van der Waals surface area (Å²) < 4.78 is 5.14. The van der Waals surface area contributed by atoms with Gasteiger partial charge in [0.15, 0.2) is 5.82 Å². The number of carbonyl (C=O) groups is 1. The number of nitrogens with two attached hydrogens (primary N) is 1. The summed E-state index contributed by atoms with van der Waals surface area (Å²) in [5.74, 6) is 0.622. The highest BCUT2D eigenvalue weighted by atomic mass is 16.5. The van der Waals surface area contributed by atoms with E-state index >= 15 is 0 Å². The van der Waals surface area contributed by atoms with Crippen molar-refractivity contribution < 1.29 is 9.32 Å². The Morgan fingerprint density at radius 2 is 2.05 bits per heavy atom. The minimum atomic E-state index is -0.811. The molecule has 3 N–H and O–H groups in total. The molecule has 2 rings (SSSR count). The molecule has 20 heavy (non-hydrogen) atoms. The molecule has 0 bridgehead atoms. The molecule has 0 aliphatic heterocycles. The molecular weight excluding hydrogens is 256 g/mol. The van der Waals surface area contributed by atoms with E-state index in [4.69, 9.17) is 10.3 Å². The van der Waals surface area contributed by atoms with Crippen molar-refractivity contribution in [3.05, 3.63) is 47.6 Å². The third-order valence-electron chi connectivity index (χ3n) is 3.01. The van der Waals surface area contributed by atoms with Gasteiger partial charge >= 0.3 is 0 Å². The fraction of sp³-hybridized carbons (Fsp3) is 0.357. The maximum Gasteiger partial charge on any atom is 0.240 e. The van der Waals surface area contributed by atoms with Crippen molar-refractivity contribution in [1.29, 1.82) is 0 Å². The van der Waals surface area contributed by atoms with Crippen molar-refractivity contribution in [2.24, 2.45) is 5.73 Å². The largest absolute Gasteiger partial charge is 0.368 e. The summed E-state index contributed by atoms with van der Waals surface area (Å²) in [6.07, 6.45) is 0.615. The monoisotopic (exact) mass is 274 g/mol. The summed E-state index contributed by atoms with van der Waals surface area (Å²) in [5.41, 5.74) is 5.58. The van der Waals surface area contributed by atoms with Crippen LogP contribution in [-0.4, -0.2) is 21.6 Å². The normalized spacial score (nSPS) is 11.5. The van der Waals surface area contributed by atoms with Crippen LogP contribution >= 0.6 is 0 Å². The highest BCUT2D eigenvalue weighted by Gasteiger charge is 2.24. The molecule has 2 aromatic rings. The van der Waals surface area contributed by atoms with Crippen LogP contribution in [0, 0.1) is 0 Å². The van der Waals surface area contributed by atoms with E-state index in [1.165, 1.54) is 0 Å². The molecule has 0 unspecified atom stereocenters. The van der Waals surface area contributed by atoms with Gasteiger partial charge in [-0.25, -0.2) is 0 Å². The molecule has 1 amide bonds. The summed E-state index contributed by atoms with van der Waals surface area (Å²) in [7, 11) is 0. The fourth-order valence-electron chi connectivity index (χ4n) is 1.60. The highest BCUT2D eigenvalue weighted by Crippen LogP contribution is 2.08. The molecule has 0 saturated heterocycles. The van der Waals surface area contributed by atoms with Crippen LogP contribution in [0.2, 0.25) is 0 Å². The van der Waals surface area contributed by atoms with Crippen LogP contribution in [-0.2, 0) is 17.8 Å². The molecule has 1 aromatic carbocycles. The summed E-state index contributed by atoms with van der Waals surface area (Å²) in [6.45, 7) is 3.71. The second kappa shape index (κ2) is 5.83. The topological polar surface area (TPSA) is 94.0 Å². The van der Waals surface area contributed by atoms with Gasteiger partial charge in [0.05, 0.1) is 12.1 Å². The van der Waals surface area contributed by atoms with Gasteiger partial charge in [-0.05, 0) is 19.4 Å². The molecule has 6 heteroatoms. The van der Waals surface area contributed by atoms with Crippen molar-refractivity contribution in [2.75, 3.05) is 0 Å². The molecule has 0 saturated carbocycles. The Morgan fingerprint density at radius 3 is 2.70 bits per heavy atom. The van der Waals surface area contributed by atoms with Crippen LogP contribution in [0.25, 0.3) is 0 Å². The summed E-state index contributed by atoms with van der Waals surface area (Å²) in [6, 6.07) is 9.90. The first kappa shape index (κ1) is 14.2. The molecule has 0 aliphatic rings. The van der Waals surface area contributed by atoms with Crippen LogP contribution < -0.4 is 11.1 Å². The second-order valence-electron chi connectivity index (χ2n) is 5.11. The van der Waals surface area contributed by atoms with E-state index in [9.17, 15) is 4.79 Å². The minimum absolute atomic E-state index is 0.303. The molecule has 6 nitrogen and oxygen atoms in total. The third kappa shape index (κ3) is 3.64.